The second-order valence-electron chi connectivity index (χ2n) is 5.58. The molecule has 2 aromatic heterocycles. The fraction of sp³-hybridized carbons (Fsp3) is 0.105. The molecule has 1 N–H and O–H groups in total. The highest BCUT2D eigenvalue weighted by Gasteiger charge is 2.08. The van der Waals surface area contributed by atoms with Crippen molar-refractivity contribution in [2.75, 3.05) is 5.32 Å². The van der Waals surface area contributed by atoms with Gasteiger partial charge in [0.05, 0.1) is 16.4 Å². The van der Waals surface area contributed by atoms with Gasteiger partial charge in [0.1, 0.15) is 10.8 Å². The second kappa shape index (κ2) is 6.86. The summed E-state index contributed by atoms with van der Waals surface area (Å²) in [6.45, 7) is 0. The number of aryl methyl sites for hydroxylation is 1. The van der Waals surface area contributed by atoms with Crippen molar-refractivity contribution in [2.45, 2.75) is 12.8 Å². The lowest BCUT2D eigenvalue weighted by Crippen LogP contribution is -2.12. The summed E-state index contributed by atoms with van der Waals surface area (Å²) in [6.07, 6.45) is 3.89. The Balaban J connectivity index is 1.42. The van der Waals surface area contributed by atoms with E-state index in [4.69, 9.17) is 4.42 Å². The molecule has 0 fully saturated rings. The van der Waals surface area contributed by atoms with Crippen LogP contribution < -0.4 is 5.32 Å². The molecule has 0 spiro atoms. The third kappa shape index (κ3) is 3.59. The van der Waals surface area contributed by atoms with Crippen molar-refractivity contribution >= 4 is 33.1 Å². The number of rotatable bonds is 5. The summed E-state index contributed by atoms with van der Waals surface area (Å²) in [5, 5.41) is 3.87. The van der Waals surface area contributed by atoms with E-state index in [-0.39, 0.29) is 5.91 Å². The number of hydrogen-bond acceptors (Lipinski definition) is 5. The first-order valence-corrected chi connectivity index (χ1v) is 8.73. The molecule has 4 rings (SSSR count). The zero-order valence-corrected chi connectivity index (χ0v) is 14.1. The van der Waals surface area contributed by atoms with Crippen LogP contribution >= 0.6 is 11.3 Å². The van der Waals surface area contributed by atoms with E-state index >= 15 is 0 Å². The van der Waals surface area contributed by atoms with E-state index in [2.05, 4.69) is 21.4 Å². The number of aromatic nitrogens is 2. The van der Waals surface area contributed by atoms with Gasteiger partial charge in [-0.15, -0.1) is 11.3 Å². The van der Waals surface area contributed by atoms with E-state index < -0.39 is 0 Å². The third-order valence-electron chi connectivity index (χ3n) is 3.79. The first-order chi connectivity index (χ1) is 12.3. The summed E-state index contributed by atoms with van der Waals surface area (Å²) in [5.41, 5.74) is 2.82. The fourth-order valence-electron chi connectivity index (χ4n) is 2.52. The Kier molecular flexibility index (Phi) is 4.26. The predicted octanol–water partition coefficient (Wildman–Crippen LogP) is 4.52. The van der Waals surface area contributed by atoms with Gasteiger partial charge in [-0.3, -0.25) is 4.79 Å². The maximum absolute atomic E-state index is 12.0. The zero-order chi connectivity index (χ0) is 17.1. The normalized spacial score (nSPS) is 10.9. The van der Waals surface area contributed by atoms with Crippen molar-refractivity contribution in [1.82, 2.24) is 9.97 Å². The van der Waals surface area contributed by atoms with Crippen LogP contribution in [0.5, 0.6) is 0 Å². The number of anilines is 1. The molecule has 0 saturated heterocycles. The monoisotopic (exact) mass is 349 g/mol. The minimum Gasteiger partial charge on any atom is -0.449 e. The molecule has 0 unspecified atom stereocenters. The standard InChI is InChI=1S/C19H15N3O2S/c23-18(10-9-15-11-20-12-24-15)21-14-7-5-13(6-8-14)19-22-16-3-1-2-4-17(16)25-19/h1-8,11-12H,9-10H2,(H,21,23). The lowest BCUT2D eigenvalue weighted by atomic mass is 10.2. The van der Waals surface area contributed by atoms with Crippen LogP contribution in [-0.4, -0.2) is 15.9 Å². The summed E-state index contributed by atoms with van der Waals surface area (Å²) in [6, 6.07) is 15.8. The van der Waals surface area contributed by atoms with Gasteiger partial charge in [0.25, 0.3) is 0 Å². The number of nitrogens with one attached hydrogen (secondary N) is 1. The molecule has 124 valence electrons. The Morgan fingerprint density at radius 2 is 1.96 bits per heavy atom. The minimum absolute atomic E-state index is 0.0517. The van der Waals surface area contributed by atoms with Crippen molar-refractivity contribution in [3.63, 3.8) is 0 Å². The average molecular weight is 349 g/mol. The van der Waals surface area contributed by atoms with Crippen molar-refractivity contribution in [3.05, 3.63) is 66.9 Å². The van der Waals surface area contributed by atoms with Gasteiger partial charge in [0.2, 0.25) is 5.91 Å². The Morgan fingerprint density at radius 3 is 2.72 bits per heavy atom. The highest BCUT2D eigenvalue weighted by atomic mass is 32.1. The molecule has 2 heterocycles. The minimum atomic E-state index is -0.0517. The van der Waals surface area contributed by atoms with Crippen molar-refractivity contribution in [3.8, 4) is 10.6 Å². The Hall–Kier alpha value is -2.99. The van der Waals surface area contributed by atoms with Gasteiger partial charge in [-0.05, 0) is 36.4 Å². The van der Waals surface area contributed by atoms with Crippen LogP contribution in [0, 0.1) is 0 Å². The number of oxazole rings is 1. The molecule has 0 bridgehead atoms. The Bertz CT molecular complexity index is 958. The number of para-hydroxylation sites is 1. The maximum Gasteiger partial charge on any atom is 0.224 e. The smallest absolute Gasteiger partial charge is 0.224 e. The molecule has 6 heteroatoms. The van der Waals surface area contributed by atoms with E-state index in [0.29, 0.717) is 18.6 Å². The number of fused-ring (bicyclic) bond motifs is 1. The fourth-order valence-corrected chi connectivity index (χ4v) is 3.49. The number of carbonyl (C=O) groups is 1. The van der Waals surface area contributed by atoms with Gasteiger partial charge in [-0.2, -0.15) is 0 Å². The van der Waals surface area contributed by atoms with Crippen LogP contribution in [0.3, 0.4) is 0 Å². The second-order valence-corrected chi connectivity index (χ2v) is 6.61. The van der Waals surface area contributed by atoms with E-state index in [9.17, 15) is 4.79 Å². The molecule has 0 radical (unpaired) electrons. The summed E-state index contributed by atoms with van der Waals surface area (Å²) < 4.78 is 6.30. The number of hydrogen-bond donors (Lipinski definition) is 1. The summed E-state index contributed by atoms with van der Waals surface area (Å²) >= 11 is 1.66. The van der Waals surface area contributed by atoms with Gasteiger partial charge >= 0.3 is 0 Å². The molecule has 25 heavy (non-hydrogen) atoms. The molecular weight excluding hydrogens is 334 g/mol. The predicted molar refractivity (Wildman–Crippen MR) is 98.5 cm³/mol. The molecular formula is C19H15N3O2S. The van der Waals surface area contributed by atoms with Crippen LogP contribution in [0.15, 0.2) is 65.5 Å². The van der Waals surface area contributed by atoms with Gasteiger partial charge < -0.3 is 9.73 Å². The average Bonchev–Trinajstić information content (AvgIpc) is 3.30. The summed E-state index contributed by atoms with van der Waals surface area (Å²) in [5.74, 6) is 0.658. The largest absolute Gasteiger partial charge is 0.449 e. The molecule has 0 aliphatic carbocycles. The first-order valence-electron chi connectivity index (χ1n) is 7.91. The summed E-state index contributed by atoms with van der Waals surface area (Å²) in [4.78, 5) is 20.5. The molecule has 5 nitrogen and oxygen atoms in total. The number of benzene rings is 2. The SMILES string of the molecule is O=C(CCc1cnco1)Nc1ccc(-c2nc3ccccc3s2)cc1. The van der Waals surface area contributed by atoms with Crippen molar-refractivity contribution in [1.29, 1.82) is 0 Å². The number of thiazole rings is 1. The maximum atomic E-state index is 12.0. The topological polar surface area (TPSA) is 68.0 Å². The quantitative estimate of drug-likeness (QED) is 0.575. The zero-order valence-electron chi connectivity index (χ0n) is 13.3. The van der Waals surface area contributed by atoms with Crippen molar-refractivity contribution in [2.24, 2.45) is 0 Å². The molecule has 0 atom stereocenters. The van der Waals surface area contributed by atoms with E-state index in [1.165, 1.54) is 11.1 Å². The van der Waals surface area contributed by atoms with E-state index in [1.807, 2.05) is 42.5 Å². The van der Waals surface area contributed by atoms with Gasteiger partial charge in [0.15, 0.2) is 6.39 Å². The molecule has 0 aliphatic rings. The molecule has 1 amide bonds. The Morgan fingerprint density at radius 1 is 1.12 bits per heavy atom. The van der Waals surface area contributed by atoms with Gasteiger partial charge in [-0.1, -0.05) is 12.1 Å². The number of carbonyl (C=O) groups excluding carboxylic acids is 1. The Labute approximate surface area is 148 Å². The lowest BCUT2D eigenvalue weighted by molar-refractivity contribution is -0.116. The van der Waals surface area contributed by atoms with E-state index in [1.54, 1.807) is 17.5 Å². The van der Waals surface area contributed by atoms with Crippen LogP contribution in [0.4, 0.5) is 5.69 Å². The molecule has 0 aliphatic heterocycles. The number of nitrogens with zero attached hydrogens (tertiary/aromatic N) is 2. The van der Waals surface area contributed by atoms with Crippen LogP contribution in [0.1, 0.15) is 12.2 Å². The summed E-state index contributed by atoms with van der Waals surface area (Å²) in [7, 11) is 0. The van der Waals surface area contributed by atoms with Crippen LogP contribution in [0.25, 0.3) is 20.8 Å². The molecule has 4 aromatic rings. The third-order valence-corrected chi connectivity index (χ3v) is 4.88. The first kappa shape index (κ1) is 15.5. The van der Waals surface area contributed by atoms with Crippen LogP contribution in [-0.2, 0) is 11.2 Å². The van der Waals surface area contributed by atoms with Gasteiger partial charge in [-0.25, -0.2) is 9.97 Å². The van der Waals surface area contributed by atoms with Gasteiger partial charge in [0, 0.05) is 24.1 Å². The van der Waals surface area contributed by atoms with Crippen LogP contribution in [0.2, 0.25) is 0 Å². The van der Waals surface area contributed by atoms with E-state index in [0.717, 1.165) is 21.8 Å². The molecule has 0 saturated carbocycles. The molecule has 2 aromatic carbocycles. The van der Waals surface area contributed by atoms with Crippen molar-refractivity contribution < 1.29 is 9.21 Å². The number of amides is 1. The highest BCUT2D eigenvalue weighted by Crippen LogP contribution is 2.30. The highest BCUT2D eigenvalue weighted by molar-refractivity contribution is 7.21. The lowest BCUT2D eigenvalue weighted by Gasteiger charge is -2.05.